The molecule has 0 spiro atoms. The molecule has 0 radical (unpaired) electrons. The molecule has 1 rings (SSSR count). The van der Waals surface area contributed by atoms with E-state index in [-0.39, 0.29) is 16.6 Å². The third-order valence-corrected chi connectivity index (χ3v) is 2.35. The molecule has 0 aliphatic rings. The number of nitro benzene ring substituents is 1. The predicted molar refractivity (Wildman–Crippen MR) is 56.7 cm³/mol. The van der Waals surface area contributed by atoms with Crippen LogP contribution < -0.4 is 0 Å². The van der Waals surface area contributed by atoms with Gasteiger partial charge in [-0.15, -0.1) is 6.58 Å². The molecule has 0 N–H and O–H groups in total. The highest BCUT2D eigenvalue weighted by Crippen LogP contribution is 2.33. The molecule has 0 aromatic heterocycles. The Bertz CT molecular complexity index is 376. The summed E-state index contributed by atoms with van der Waals surface area (Å²) >= 11 is 5.75. The van der Waals surface area contributed by atoms with Crippen molar-refractivity contribution < 1.29 is 4.92 Å². The fraction of sp³-hybridized carbons (Fsp3) is 0.200. The standard InChI is InChI=1S/C10H10ClNO2/c1-3-7(2)8-5-4-6-9(11)10(8)12(13)14/h3-7H,1H2,2H3. The van der Waals surface area contributed by atoms with E-state index in [1.165, 1.54) is 6.07 Å². The Morgan fingerprint density at radius 3 is 2.79 bits per heavy atom. The minimum atomic E-state index is -0.461. The van der Waals surface area contributed by atoms with Crippen molar-refractivity contribution >= 4 is 17.3 Å². The summed E-state index contributed by atoms with van der Waals surface area (Å²) < 4.78 is 0. The molecule has 0 saturated carbocycles. The van der Waals surface area contributed by atoms with Gasteiger partial charge in [0, 0.05) is 11.5 Å². The van der Waals surface area contributed by atoms with Crippen LogP contribution in [-0.4, -0.2) is 4.92 Å². The number of halogens is 1. The highest BCUT2D eigenvalue weighted by Gasteiger charge is 2.20. The lowest BCUT2D eigenvalue weighted by Gasteiger charge is -2.07. The van der Waals surface area contributed by atoms with Crippen LogP contribution in [0.4, 0.5) is 5.69 Å². The van der Waals surface area contributed by atoms with Crippen molar-refractivity contribution in [3.05, 3.63) is 51.6 Å². The molecule has 1 atom stereocenters. The Kier molecular flexibility index (Phi) is 3.25. The maximum atomic E-state index is 10.7. The smallest absolute Gasteiger partial charge is 0.258 e. The zero-order valence-corrected chi connectivity index (χ0v) is 8.49. The van der Waals surface area contributed by atoms with Gasteiger partial charge in [0.15, 0.2) is 0 Å². The maximum absolute atomic E-state index is 10.7. The molecule has 0 fully saturated rings. The first-order chi connectivity index (χ1) is 6.57. The summed E-state index contributed by atoms with van der Waals surface area (Å²) in [6, 6.07) is 4.90. The molecule has 14 heavy (non-hydrogen) atoms. The lowest BCUT2D eigenvalue weighted by Crippen LogP contribution is -1.98. The third kappa shape index (κ3) is 1.93. The summed E-state index contributed by atoms with van der Waals surface area (Å²) in [5.74, 6) is -0.0749. The summed E-state index contributed by atoms with van der Waals surface area (Å²) in [5.41, 5.74) is 0.569. The molecule has 74 valence electrons. The summed E-state index contributed by atoms with van der Waals surface area (Å²) in [7, 11) is 0. The average molecular weight is 212 g/mol. The summed E-state index contributed by atoms with van der Waals surface area (Å²) in [6.45, 7) is 5.44. The van der Waals surface area contributed by atoms with E-state index in [1.54, 1.807) is 18.2 Å². The number of para-hydroxylation sites is 1. The highest BCUT2D eigenvalue weighted by atomic mass is 35.5. The van der Waals surface area contributed by atoms with Crippen molar-refractivity contribution in [1.29, 1.82) is 0 Å². The van der Waals surface area contributed by atoms with Crippen LogP contribution in [-0.2, 0) is 0 Å². The van der Waals surface area contributed by atoms with Gasteiger partial charge in [-0.25, -0.2) is 0 Å². The van der Waals surface area contributed by atoms with Gasteiger partial charge in [-0.05, 0) is 6.07 Å². The van der Waals surface area contributed by atoms with Crippen LogP contribution >= 0.6 is 11.6 Å². The van der Waals surface area contributed by atoms with Crippen LogP contribution in [0.15, 0.2) is 30.9 Å². The van der Waals surface area contributed by atoms with Crippen molar-refractivity contribution in [3.8, 4) is 0 Å². The van der Waals surface area contributed by atoms with E-state index >= 15 is 0 Å². The van der Waals surface area contributed by atoms with Crippen LogP contribution in [0, 0.1) is 10.1 Å². The third-order valence-electron chi connectivity index (χ3n) is 2.04. The lowest BCUT2D eigenvalue weighted by molar-refractivity contribution is -0.385. The second-order valence-electron chi connectivity index (χ2n) is 2.96. The quantitative estimate of drug-likeness (QED) is 0.436. The van der Waals surface area contributed by atoms with Gasteiger partial charge in [0.1, 0.15) is 5.02 Å². The number of rotatable bonds is 3. The van der Waals surface area contributed by atoms with E-state index in [0.29, 0.717) is 5.56 Å². The minimum absolute atomic E-state index is 0.0263. The average Bonchev–Trinajstić information content (AvgIpc) is 2.15. The van der Waals surface area contributed by atoms with Gasteiger partial charge in [0.2, 0.25) is 0 Å². The fourth-order valence-electron chi connectivity index (χ4n) is 1.22. The predicted octanol–water partition coefficient (Wildman–Crippen LogP) is 3.54. The second-order valence-corrected chi connectivity index (χ2v) is 3.37. The molecule has 3 nitrogen and oxygen atoms in total. The molecule has 1 aromatic rings. The topological polar surface area (TPSA) is 43.1 Å². The van der Waals surface area contributed by atoms with Crippen molar-refractivity contribution in [3.63, 3.8) is 0 Å². The molecule has 1 unspecified atom stereocenters. The van der Waals surface area contributed by atoms with Gasteiger partial charge in [-0.1, -0.05) is 36.7 Å². The normalized spacial score (nSPS) is 12.1. The summed E-state index contributed by atoms with van der Waals surface area (Å²) in [5, 5.41) is 10.9. The Morgan fingerprint density at radius 1 is 1.64 bits per heavy atom. The van der Waals surface area contributed by atoms with Gasteiger partial charge in [-0.2, -0.15) is 0 Å². The van der Waals surface area contributed by atoms with Crippen LogP contribution in [0.1, 0.15) is 18.4 Å². The number of benzene rings is 1. The van der Waals surface area contributed by atoms with E-state index in [9.17, 15) is 10.1 Å². The van der Waals surface area contributed by atoms with Crippen molar-refractivity contribution in [1.82, 2.24) is 0 Å². The lowest BCUT2D eigenvalue weighted by atomic mass is 10.00. The van der Waals surface area contributed by atoms with Gasteiger partial charge in [0.05, 0.1) is 4.92 Å². The molecule has 4 heteroatoms. The summed E-state index contributed by atoms with van der Waals surface area (Å²) in [4.78, 5) is 10.3. The molecule has 0 bridgehead atoms. The molecule has 0 heterocycles. The molecule has 1 aromatic carbocycles. The molecular formula is C10H10ClNO2. The number of nitro groups is 1. The van der Waals surface area contributed by atoms with Crippen LogP contribution in [0.2, 0.25) is 5.02 Å². The Hall–Kier alpha value is -1.35. The monoisotopic (exact) mass is 211 g/mol. The van der Waals surface area contributed by atoms with Gasteiger partial charge in [0.25, 0.3) is 5.69 Å². The van der Waals surface area contributed by atoms with Gasteiger partial charge >= 0.3 is 0 Å². The first-order valence-corrected chi connectivity index (χ1v) is 4.51. The molecule has 0 aliphatic heterocycles. The maximum Gasteiger partial charge on any atom is 0.291 e. The van der Waals surface area contributed by atoms with Crippen molar-refractivity contribution in [2.75, 3.05) is 0 Å². The molecule has 0 amide bonds. The first kappa shape index (κ1) is 10.7. The zero-order valence-electron chi connectivity index (χ0n) is 7.74. The van der Waals surface area contributed by atoms with Crippen LogP contribution in [0.25, 0.3) is 0 Å². The highest BCUT2D eigenvalue weighted by molar-refractivity contribution is 6.32. The van der Waals surface area contributed by atoms with E-state index < -0.39 is 4.92 Å². The molecule has 0 saturated heterocycles. The van der Waals surface area contributed by atoms with Gasteiger partial charge in [-0.3, -0.25) is 10.1 Å². The molecule has 0 aliphatic carbocycles. The number of allylic oxidation sites excluding steroid dienone is 1. The first-order valence-electron chi connectivity index (χ1n) is 4.13. The largest absolute Gasteiger partial charge is 0.291 e. The van der Waals surface area contributed by atoms with Crippen LogP contribution in [0.3, 0.4) is 0 Å². The van der Waals surface area contributed by atoms with E-state index in [4.69, 9.17) is 11.6 Å². The fourth-order valence-corrected chi connectivity index (χ4v) is 1.47. The van der Waals surface area contributed by atoms with Crippen molar-refractivity contribution in [2.45, 2.75) is 12.8 Å². The van der Waals surface area contributed by atoms with Gasteiger partial charge < -0.3 is 0 Å². The number of hydrogen-bond donors (Lipinski definition) is 0. The minimum Gasteiger partial charge on any atom is -0.258 e. The molecular weight excluding hydrogens is 202 g/mol. The zero-order chi connectivity index (χ0) is 10.7. The van der Waals surface area contributed by atoms with Crippen LogP contribution in [0.5, 0.6) is 0 Å². The summed E-state index contributed by atoms with van der Waals surface area (Å²) in [6.07, 6.45) is 1.65. The number of hydrogen-bond acceptors (Lipinski definition) is 2. The van der Waals surface area contributed by atoms with E-state index in [1.807, 2.05) is 6.92 Å². The number of nitrogens with zero attached hydrogens (tertiary/aromatic N) is 1. The Labute approximate surface area is 87.2 Å². The van der Waals surface area contributed by atoms with E-state index in [0.717, 1.165) is 0 Å². The van der Waals surface area contributed by atoms with E-state index in [2.05, 4.69) is 6.58 Å². The Balaban J connectivity index is 3.35. The SMILES string of the molecule is C=CC(C)c1cccc(Cl)c1[N+](=O)[O-]. The van der Waals surface area contributed by atoms with Crippen molar-refractivity contribution in [2.24, 2.45) is 0 Å². The Morgan fingerprint density at radius 2 is 2.29 bits per heavy atom. The second kappa shape index (κ2) is 4.24.